The summed E-state index contributed by atoms with van der Waals surface area (Å²) in [6, 6.07) is 0. The Labute approximate surface area is 88.7 Å². The smallest absolute Gasteiger partial charge is 0.0743 e. The molecule has 0 radical (unpaired) electrons. The van der Waals surface area contributed by atoms with Gasteiger partial charge in [-0.1, -0.05) is 28.9 Å². The van der Waals surface area contributed by atoms with Crippen LogP contribution in [-0.4, -0.2) is 35.2 Å². The van der Waals surface area contributed by atoms with Gasteiger partial charge in [0, 0.05) is 24.1 Å². The monoisotopic (exact) mass is 247 g/mol. The molecule has 0 aromatic carbocycles. The van der Waals surface area contributed by atoms with Crippen LogP contribution in [0.15, 0.2) is 10.6 Å². The van der Waals surface area contributed by atoms with Gasteiger partial charge in [0.15, 0.2) is 0 Å². The highest BCUT2D eigenvalue weighted by Crippen LogP contribution is 2.18. The van der Waals surface area contributed by atoms with Gasteiger partial charge in [-0.15, -0.1) is 0 Å². The van der Waals surface area contributed by atoms with Gasteiger partial charge in [-0.2, -0.15) is 0 Å². The standard InChI is InChI=1S/C10H18BrNO/c1-3-10(2,13)8-12-6-4-5-9(11)7-12/h5,13H,3-4,6-8H2,1-2H3. The molecular formula is C10H18BrNO. The summed E-state index contributed by atoms with van der Waals surface area (Å²) in [4.78, 5) is 2.29. The topological polar surface area (TPSA) is 23.5 Å². The second-order valence-corrected chi connectivity index (χ2v) is 5.02. The highest BCUT2D eigenvalue weighted by molar-refractivity contribution is 9.11. The van der Waals surface area contributed by atoms with E-state index in [0.717, 1.165) is 32.5 Å². The molecule has 1 aliphatic rings. The Morgan fingerprint density at radius 1 is 1.69 bits per heavy atom. The van der Waals surface area contributed by atoms with Crippen molar-refractivity contribution in [1.29, 1.82) is 0 Å². The minimum atomic E-state index is -0.537. The van der Waals surface area contributed by atoms with Gasteiger partial charge < -0.3 is 5.11 Å². The molecular weight excluding hydrogens is 230 g/mol. The molecule has 1 rings (SSSR count). The molecule has 0 aliphatic carbocycles. The van der Waals surface area contributed by atoms with Crippen molar-refractivity contribution >= 4 is 15.9 Å². The summed E-state index contributed by atoms with van der Waals surface area (Å²) in [6.07, 6.45) is 4.10. The van der Waals surface area contributed by atoms with E-state index in [2.05, 4.69) is 26.9 Å². The van der Waals surface area contributed by atoms with Crippen molar-refractivity contribution in [3.8, 4) is 0 Å². The maximum absolute atomic E-state index is 9.89. The lowest BCUT2D eigenvalue weighted by Gasteiger charge is -2.32. The molecule has 0 saturated heterocycles. The molecule has 1 unspecified atom stereocenters. The highest BCUT2D eigenvalue weighted by atomic mass is 79.9. The summed E-state index contributed by atoms with van der Waals surface area (Å²) < 4.78 is 1.24. The second-order valence-electron chi connectivity index (χ2n) is 4.00. The van der Waals surface area contributed by atoms with E-state index in [1.165, 1.54) is 4.48 Å². The third-order valence-electron chi connectivity index (χ3n) is 2.51. The molecule has 13 heavy (non-hydrogen) atoms. The van der Waals surface area contributed by atoms with Crippen LogP contribution in [0.25, 0.3) is 0 Å². The fraction of sp³-hybridized carbons (Fsp3) is 0.800. The molecule has 0 bridgehead atoms. The van der Waals surface area contributed by atoms with Crippen molar-refractivity contribution in [1.82, 2.24) is 4.90 Å². The largest absolute Gasteiger partial charge is 0.389 e. The molecule has 1 N–H and O–H groups in total. The highest BCUT2D eigenvalue weighted by Gasteiger charge is 2.22. The zero-order valence-corrected chi connectivity index (χ0v) is 9.97. The lowest BCUT2D eigenvalue weighted by molar-refractivity contribution is 0.0189. The Kier molecular flexibility index (Phi) is 3.95. The molecule has 1 aliphatic heterocycles. The Morgan fingerprint density at radius 2 is 2.38 bits per heavy atom. The summed E-state index contributed by atoms with van der Waals surface area (Å²) in [7, 11) is 0. The quantitative estimate of drug-likeness (QED) is 0.827. The third-order valence-corrected chi connectivity index (χ3v) is 3.09. The molecule has 0 fully saturated rings. The van der Waals surface area contributed by atoms with Gasteiger partial charge in [0.2, 0.25) is 0 Å². The maximum Gasteiger partial charge on any atom is 0.0743 e. The first-order valence-electron chi connectivity index (χ1n) is 4.83. The first-order chi connectivity index (χ1) is 6.03. The van der Waals surface area contributed by atoms with Gasteiger partial charge in [-0.25, -0.2) is 0 Å². The predicted molar refractivity (Wildman–Crippen MR) is 59.0 cm³/mol. The SMILES string of the molecule is CCC(C)(O)CN1CCC=C(Br)C1. The van der Waals surface area contributed by atoms with E-state index in [-0.39, 0.29) is 0 Å². The molecule has 0 aromatic rings. The van der Waals surface area contributed by atoms with E-state index < -0.39 is 5.60 Å². The minimum Gasteiger partial charge on any atom is -0.389 e. The lowest BCUT2D eigenvalue weighted by atomic mass is 10.0. The van der Waals surface area contributed by atoms with Crippen LogP contribution in [0, 0.1) is 0 Å². The maximum atomic E-state index is 9.89. The normalized spacial score (nSPS) is 23.8. The number of rotatable bonds is 3. The van der Waals surface area contributed by atoms with Crippen molar-refractivity contribution in [2.75, 3.05) is 19.6 Å². The molecule has 2 nitrogen and oxygen atoms in total. The molecule has 0 spiro atoms. The summed E-state index contributed by atoms with van der Waals surface area (Å²) >= 11 is 3.50. The average molecular weight is 248 g/mol. The third kappa shape index (κ3) is 3.79. The number of hydrogen-bond donors (Lipinski definition) is 1. The van der Waals surface area contributed by atoms with Crippen LogP contribution in [0.3, 0.4) is 0 Å². The van der Waals surface area contributed by atoms with E-state index in [9.17, 15) is 5.11 Å². The van der Waals surface area contributed by atoms with Crippen molar-refractivity contribution in [3.63, 3.8) is 0 Å². The predicted octanol–water partition coefficient (Wildman–Crippen LogP) is 2.13. The van der Waals surface area contributed by atoms with Gasteiger partial charge in [0.05, 0.1) is 5.60 Å². The number of halogens is 1. The second kappa shape index (κ2) is 4.58. The fourth-order valence-electron chi connectivity index (χ4n) is 1.49. The first-order valence-corrected chi connectivity index (χ1v) is 5.62. The van der Waals surface area contributed by atoms with E-state index >= 15 is 0 Å². The Balaban J connectivity index is 2.42. The number of hydrogen-bond acceptors (Lipinski definition) is 2. The van der Waals surface area contributed by atoms with Gasteiger partial charge >= 0.3 is 0 Å². The molecule has 0 amide bonds. The molecule has 0 aromatic heterocycles. The van der Waals surface area contributed by atoms with Crippen molar-refractivity contribution in [3.05, 3.63) is 10.6 Å². The number of aliphatic hydroxyl groups is 1. The fourth-order valence-corrected chi connectivity index (χ4v) is 2.07. The van der Waals surface area contributed by atoms with Gasteiger partial charge in [0.1, 0.15) is 0 Å². The van der Waals surface area contributed by atoms with Crippen molar-refractivity contribution in [2.45, 2.75) is 32.3 Å². The molecule has 76 valence electrons. The summed E-state index contributed by atoms with van der Waals surface area (Å²) in [6.45, 7) is 6.70. The van der Waals surface area contributed by atoms with Crippen LogP contribution < -0.4 is 0 Å². The van der Waals surface area contributed by atoms with Gasteiger partial charge in [-0.05, 0) is 19.8 Å². The summed E-state index contributed by atoms with van der Waals surface area (Å²) in [5, 5.41) is 9.89. The van der Waals surface area contributed by atoms with E-state index in [0.29, 0.717) is 0 Å². The molecule has 0 saturated carbocycles. The molecule has 1 atom stereocenters. The summed E-state index contributed by atoms with van der Waals surface area (Å²) in [5.41, 5.74) is -0.537. The zero-order chi connectivity index (χ0) is 9.90. The van der Waals surface area contributed by atoms with Crippen LogP contribution in [-0.2, 0) is 0 Å². The van der Waals surface area contributed by atoms with Crippen LogP contribution in [0.2, 0.25) is 0 Å². The molecule has 3 heteroatoms. The number of β-amino-alcohol motifs (C(OH)–C–C–N with tert-alkyl or cyclic N) is 1. The van der Waals surface area contributed by atoms with Crippen LogP contribution in [0.1, 0.15) is 26.7 Å². The van der Waals surface area contributed by atoms with Gasteiger partial charge in [-0.3, -0.25) is 4.90 Å². The van der Waals surface area contributed by atoms with E-state index in [1.54, 1.807) is 0 Å². The van der Waals surface area contributed by atoms with Crippen molar-refractivity contribution in [2.24, 2.45) is 0 Å². The van der Waals surface area contributed by atoms with Crippen LogP contribution in [0.5, 0.6) is 0 Å². The zero-order valence-electron chi connectivity index (χ0n) is 8.39. The van der Waals surface area contributed by atoms with Gasteiger partial charge in [0.25, 0.3) is 0 Å². The number of nitrogens with zero attached hydrogens (tertiary/aromatic N) is 1. The summed E-state index contributed by atoms with van der Waals surface area (Å²) in [5.74, 6) is 0. The van der Waals surface area contributed by atoms with Crippen LogP contribution >= 0.6 is 15.9 Å². The first kappa shape index (κ1) is 11.2. The Hall–Kier alpha value is 0.140. The van der Waals surface area contributed by atoms with E-state index in [4.69, 9.17) is 0 Å². The molecule has 1 heterocycles. The van der Waals surface area contributed by atoms with E-state index in [1.807, 2.05) is 13.8 Å². The lowest BCUT2D eigenvalue weighted by Crippen LogP contribution is -2.42. The Morgan fingerprint density at radius 3 is 2.92 bits per heavy atom. The average Bonchev–Trinajstić information content (AvgIpc) is 2.03. The Bertz CT molecular complexity index is 201. The van der Waals surface area contributed by atoms with Crippen LogP contribution in [0.4, 0.5) is 0 Å². The van der Waals surface area contributed by atoms with Crippen molar-refractivity contribution < 1.29 is 5.11 Å². The minimum absolute atomic E-state index is 0.537.